The van der Waals surface area contributed by atoms with Gasteiger partial charge in [-0.1, -0.05) is 46.3 Å². The normalized spacial score (nSPS) is 10.7. The zero-order chi connectivity index (χ0) is 25.8. The lowest BCUT2D eigenvalue weighted by Gasteiger charge is -2.13. The van der Waals surface area contributed by atoms with Crippen LogP contribution in [0.25, 0.3) is 22.2 Å². The Labute approximate surface area is 222 Å². The van der Waals surface area contributed by atoms with E-state index in [9.17, 15) is 4.79 Å². The predicted molar refractivity (Wildman–Crippen MR) is 150 cm³/mol. The average molecular weight is 555 g/mol. The number of amides is 1. The number of benzene rings is 4. The molecule has 0 unspecified atom stereocenters. The van der Waals surface area contributed by atoms with Gasteiger partial charge in [0.1, 0.15) is 11.5 Å². The monoisotopic (exact) mass is 554 g/mol. The number of hydrogen-bond donors (Lipinski definition) is 2. The molecule has 0 aliphatic rings. The maximum absolute atomic E-state index is 12.9. The third-order valence-corrected chi connectivity index (χ3v) is 6.26. The van der Waals surface area contributed by atoms with Crippen LogP contribution in [0.2, 0.25) is 0 Å². The van der Waals surface area contributed by atoms with Crippen LogP contribution in [0.5, 0.6) is 11.5 Å². The smallest absolute Gasteiger partial charge is 0.255 e. The number of anilines is 3. The summed E-state index contributed by atoms with van der Waals surface area (Å²) in [5.74, 6) is 1.36. The quantitative estimate of drug-likeness (QED) is 0.223. The van der Waals surface area contributed by atoms with Gasteiger partial charge in [-0.05, 0) is 54.6 Å². The first-order valence-corrected chi connectivity index (χ1v) is 12.3. The molecule has 5 aromatic rings. The van der Waals surface area contributed by atoms with Crippen LogP contribution < -0.4 is 20.1 Å². The predicted octanol–water partition coefficient (Wildman–Crippen LogP) is 7.07. The third-order valence-electron chi connectivity index (χ3n) is 5.76. The van der Waals surface area contributed by atoms with Gasteiger partial charge in [-0.3, -0.25) is 4.79 Å². The van der Waals surface area contributed by atoms with E-state index in [4.69, 9.17) is 19.4 Å². The van der Waals surface area contributed by atoms with Gasteiger partial charge in [0.2, 0.25) is 5.95 Å². The van der Waals surface area contributed by atoms with E-state index >= 15 is 0 Å². The van der Waals surface area contributed by atoms with Gasteiger partial charge in [0.25, 0.3) is 5.91 Å². The Morgan fingerprint density at radius 2 is 1.62 bits per heavy atom. The van der Waals surface area contributed by atoms with Crippen molar-refractivity contribution in [3.8, 4) is 22.8 Å². The van der Waals surface area contributed by atoms with Crippen LogP contribution in [-0.4, -0.2) is 30.1 Å². The lowest BCUT2D eigenvalue weighted by molar-refractivity contribution is 0.102. The molecule has 2 N–H and O–H groups in total. The van der Waals surface area contributed by atoms with Crippen molar-refractivity contribution >= 4 is 50.1 Å². The van der Waals surface area contributed by atoms with Crippen molar-refractivity contribution in [2.75, 3.05) is 24.9 Å². The van der Waals surface area contributed by atoms with E-state index in [0.29, 0.717) is 28.7 Å². The van der Waals surface area contributed by atoms with E-state index in [-0.39, 0.29) is 5.91 Å². The number of nitrogens with one attached hydrogen (secondary N) is 2. The van der Waals surface area contributed by atoms with Crippen molar-refractivity contribution < 1.29 is 14.3 Å². The minimum absolute atomic E-state index is 0.267. The molecule has 0 radical (unpaired) electrons. The molecule has 0 atom stereocenters. The number of halogens is 1. The third kappa shape index (κ3) is 5.39. The lowest BCUT2D eigenvalue weighted by Crippen LogP contribution is -2.12. The number of hydrogen-bond acceptors (Lipinski definition) is 6. The molecule has 0 aliphatic heterocycles. The molecule has 1 heterocycles. The van der Waals surface area contributed by atoms with Gasteiger partial charge in [0.15, 0.2) is 0 Å². The number of nitrogens with zero attached hydrogens (tertiary/aromatic N) is 2. The Balaban J connectivity index is 1.39. The van der Waals surface area contributed by atoms with E-state index in [1.807, 2.05) is 60.7 Å². The number of carbonyl (C=O) groups excluding carboxylic acids is 1. The molecule has 1 amide bonds. The van der Waals surface area contributed by atoms with Crippen LogP contribution in [0.3, 0.4) is 0 Å². The second-order valence-corrected chi connectivity index (χ2v) is 9.06. The highest BCUT2D eigenvalue weighted by molar-refractivity contribution is 9.10. The molecule has 4 aromatic carbocycles. The second kappa shape index (κ2) is 10.7. The number of ether oxygens (including phenoxy) is 2. The molecule has 1 aromatic heterocycles. The largest absolute Gasteiger partial charge is 0.497 e. The first kappa shape index (κ1) is 24.3. The molecule has 184 valence electrons. The molecule has 7 nitrogen and oxygen atoms in total. The fourth-order valence-electron chi connectivity index (χ4n) is 3.91. The highest BCUT2D eigenvalue weighted by Crippen LogP contribution is 2.31. The summed E-state index contributed by atoms with van der Waals surface area (Å²) in [4.78, 5) is 22.4. The summed E-state index contributed by atoms with van der Waals surface area (Å²) in [7, 11) is 3.12. The number of carbonyl (C=O) groups is 1. The Bertz CT molecular complexity index is 1570. The minimum Gasteiger partial charge on any atom is -0.497 e. The molecule has 0 fully saturated rings. The van der Waals surface area contributed by atoms with Crippen LogP contribution in [0.1, 0.15) is 10.4 Å². The molecular formula is C29H23BrN4O3. The Morgan fingerprint density at radius 1 is 0.838 bits per heavy atom. The van der Waals surface area contributed by atoms with Gasteiger partial charge in [0.05, 0.1) is 31.1 Å². The summed E-state index contributed by atoms with van der Waals surface area (Å²) in [5, 5.41) is 7.10. The lowest BCUT2D eigenvalue weighted by atomic mass is 10.1. The fraction of sp³-hybridized carbons (Fsp3) is 0.0690. The van der Waals surface area contributed by atoms with E-state index < -0.39 is 0 Å². The molecule has 0 spiro atoms. The standard InChI is InChI=1S/C29H23BrN4O3/c1-36-22-13-15-26(37-2)25(17-22)32-28(35)19-8-11-21(12-9-19)31-29-33-24-14-10-20(30)16-23(24)27(34-29)18-6-4-3-5-7-18/h3-17H,1-2H3,(H,32,35)(H,31,33,34). The highest BCUT2D eigenvalue weighted by atomic mass is 79.9. The van der Waals surface area contributed by atoms with Crippen LogP contribution in [0.4, 0.5) is 17.3 Å². The summed E-state index contributed by atoms with van der Waals surface area (Å²) >= 11 is 3.55. The topological polar surface area (TPSA) is 85.4 Å². The zero-order valence-corrected chi connectivity index (χ0v) is 21.7. The van der Waals surface area contributed by atoms with Crippen molar-refractivity contribution in [1.29, 1.82) is 0 Å². The van der Waals surface area contributed by atoms with E-state index in [0.717, 1.165) is 32.3 Å². The van der Waals surface area contributed by atoms with Gasteiger partial charge in [0, 0.05) is 32.7 Å². The van der Waals surface area contributed by atoms with Crippen LogP contribution in [0.15, 0.2) is 95.5 Å². The Morgan fingerprint density at radius 3 is 2.35 bits per heavy atom. The maximum atomic E-state index is 12.9. The van der Waals surface area contributed by atoms with E-state index in [1.54, 1.807) is 44.6 Å². The molecule has 0 saturated carbocycles. The zero-order valence-electron chi connectivity index (χ0n) is 20.2. The van der Waals surface area contributed by atoms with Gasteiger partial charge in [-0.2, -0.15) is 0 Å². The Hall–Kier alpha value is -4.43. The summed E-state index contributed by atoms with van der Waals surface area (Å²) in [5.41, 5.74) is 4.42. The van der Waals surface area contributed by atoms with Crippen molar-refractivity contribution in [3.63, 3.8) is 0 Å². The molecule has 8 heteroatoms. The van der Waals surface area contributed by atoms with Gasteiger partial charge in [-0.25, -0.2) is 9.97 Å². The summed E-state index contributed by atoms with van der Waals surface area (Å²) in [6, 6.07) is 28.3. The molecule has 0 saturated heterocycles. The van der Waals surface area contributed by atoms with Crippen LogP contribution in [-0.2, 0) is 0 Å². The van der Waals surface area contributed by atoms with Crippen LogP contribution in [0, 0.1) is 0 Å². The number of rotatable bonds is 7. The van der Waals surface area contributed by atoms with Crippen molar-refractivity contribution in [2.45, 2.75) is 0 Å². The molecule has 0 aliphatic carbocycles. The second-order valence-electron chi connectivity index (χ2n) is 8.15. The van der Waals surface area contributed by atoms with Gasteiger partial charge in [-0.15, -0.1) is 0 Å². The first-order chi connectivity index (χ1) is 18.0. The fourth-order valence-corrected chi connectivity index (χ4v) is 4.27. The van der Waals surface area contributed by atoms with Gasteiger partial charge < -0.3 is 20.1 Å². The van der Waals surface area contributed by atoms with Crippen molar-refractivity contribution in [1.82, 2.24) is 9.97 Å². The van der Waals surface area contributed by atoms with E-state index in [1.165, 1.54) is 0 Å². The summed E-state index contributed by atoms with van der Waals surface area (Å²) in [6.07, 6.45) is 0. The summed E-state index contributed by atoms with van der Waals surface area (Å²) < 4.78 is 11.6. The van der Waals surface area contributed by atoms with Crippen molar-refractivity contribution in [3.05, 3.63) is 101 Å². The molecule has 5 rings (SSSR count). The van der Waals surface area contributed by atoms with Crippen molar-refractivity contribution in [2.24, 2.45) is 0 Å². The first-order valence-electron chi connectivity index (χ1n) is 11.5. The number of fused-ring (bicyclic) bond motifs is 1. The summed E-state index contributed by atoms with van der Waals surface area (Å²) in [6.45, 7) is 0. The minimum atomic E-state index is -0.267. The van der Waals surface area contributed by atoms with E-state index in [2.05, 4.69) is 26.6 Å². The van der Waals surface area contributed by atoms with Gasteiger partial charge >= 0.3 is 0 Å². The Kier molecular flexibility index (Phi) is 7.00. The average Bonchev–Trinajstić information content (AvgIpc) is 2.93. The molecule has 37 heavy (non-hydrogen) atoms. The number of methoxy groups -OCH3 is 2. The SMILES string of the molecule is COc1ccc(OC)c(NC(=O)c2ccc(Nc3nc(-c4ccccc4)c4cc(Br)ccc4n3)cc2)c1. The highest BCUT2D eigenvalue weighted by Gasteiger charge is 2.13. The maximum Gasteiger partial charge on any atom is 0.255 e. The van der Waals surface area contributed by atoms with Crippen LogP contribution >= 0.6 is 15.9 Å². The molecular weight excluding hydrogens is 532 g/mol. The molecule has 0 bridgehead atoms. The number of aromatic nitrogens is 2.